The van der Waals surface area contributed by atoms with Crippen molar-refractivity contribution in [1.82, 2.24) is 19.9 Å². The zero-order valence-electron chi connectivity index (χ0n) is 13.2. The van der Waals surface area contributed by atoms with Crippen molar-refractivity contribution in [2.24, 2.45) is 0 Å². The maximum atomic E-state index is 10.3. The second-order valence-electron chi connectivity index (χ2n) is 5.93. The Balaban J connectivity index is 2.05. The zero-order chi connectivity index (χ0) is 16.4. The van der Waals surface area contributed by atoms with E-state index in [-0.39, 0.29) is 5.95 Å². The molecule has 0 bridgehead atoms. The van der Waals surface area contributed by atoms with Gasteiger partial charge in [-0.15, -0.1) is 0 Å². The molecule has 3 rings (SSSR count). The van der Waals surface area contributed by atoms with Gasteiger partial charge in [0.25, 0.3) is 0 Å². The molecule has 1 aliphatic heterocycles. The fraction of sp³-hybridized carbons (Fsp3) is 0.467. The van der Waals surface area contributed by atoms with Gasteiger partial charge in [0.05, 0.1) is 24.6 Å². The Hall–Kier alpha value is -2.32. The van der Waals surface area contributed by atoms with Crippen molar-refractivity contribution < 1.29 is 9.84 Å². The maximum Gasteiger partial charge on any atom is 0.226 e. The molecule has 122 valence electrons. The molecule has 23 heavy (non-hydrogen) atoms. The number of aromatic nitrogens is 4. The topological polar surface area (TPSA) is 110 Å². The van der Waals surface area contributed by atoms with Gasteiger partial charge >= 0.3 is 0 Å². The summed E-state index contributed by atoms with van der Waals surface area (Å²) in [4.78, 5) is 19.2. The van der Waals surface area contributed by atoms with Crippen LogP contribution in [0.3, 0.4) is 0 Å². The monoisotopic (exact) mass is 316 g/mol. The molecule has 0 radical (unpaired) electrons. The van der Waals surface area contributed by atoms with Gasteiger partial charge in [-0.3, -0.25) is 0 Å². The molecule has 3 heterocycles. The number of aliphatic hydroxyl groups is 1. The van der Waals surface area contributed by atoms with Gasteiger partial charge in [0.2, 0.25) is 11.9 Å². The summed E-state index contributed by atoms with van der Waals surface area (Å²) in [6.45, 7) is 6.09. The van der Waals surface area contributed by atoms with Crippen LogP contribution in [0.15, 0.2) is 18.5 Å². The summed E-state index contributed by atoms with van der Waals surface area (Å²) in [6.07, 6.45) is 3.23. The summed E-state index contributed by atoms with van der Waals surface area (Å²) < 4.78 is 5.37. The van der Waals surface area contributed by atoms with Crippen LogP contribution in [0.5, 0.6) is 0 Å². The van der Waals surface area contributed by atoms with Crippen LogP contribution in [0.4, 0.5) is 11.9 Å². The van der Waals surface area contributed by atoms with Gasteiger partial charge in [0.1, 0.15) is 5.60 Å². The lowest BCUT2D eigenvalue weighted by Crippen LogP contribution is -2.38. The van der Waals surface area contributed by atoms with Crippen LogP contribution in [-0.2, 0) is 10.3 Å². The van der Waals surface area contributed by atoms with Gasteiger partial charge < -0.3 is 20.5 Å². The van der Waals surface area contributed by atoms with E-state index in [1.165, 1.54) is 0 Å². The predicted octanol–water partition coefficient (Wildman–Crippen LogP) is 0.580. The van der Waals surface area contributed by atoms with Crippen molar-refractivity contribution in [3.63, 3.8) is 0 Å². The van der Waals surface area contributed by atoms with Crippen molar-refractivity contribution in [3.8, 4) is 11.3 Å². The molecule has 1 aliphatic rings. The van der Waals surface area contributed by atoms with Crippen LogP contribution < -0.4 is 10.6 Å². The minimum Gasteiger partial charge on any atom is -0.384 e. The highest BCUT2D eigenvalue weighted by molar-refractivity contribution is 5.60. The third-order valence-electron chi connectivity index (χ3n) is 3.60. The van der Waals surface area contributed by atoms with Crippen molar-refractivity contribution >= 4 is 11.9 Å². The lowest BCUT2D eigenvalue weighted by molar-refractivity contribution is 0.0737. The second kappa shape index (κ2) is 6.05. The lowest BCUT2D eigenvalue weighted by Gasteiger charge is -2.28. The standard InChI is InChI=1S/C15H20N6O2/c1-15(2,22)12-7-11(10-8-17-13(16)18-9-10)19-14(20-12)21-3-5-23-6-4-21/h7-9,22H,3-6H2,1-2H3,(H2,16,17,18). The number of hydrogen-bond donors (Lipinski definition) is 2. The number of anilines is 2. The highest BCUT2D eigenvalue weighted by Gasteiger charge is 2.23. The molecule has 2 aromatic heterocycles. The van der Waals surface area contributed by atoms with E-state index in [9.17, 15) is 5.11 Å². The summed E-state index contributed by atoms with van der Waals surface area (Å²) in [5.41, 5.74) is 6.38. The first-order chi connectivity index (χ1) is 10.9. The Bertz CT molecular complexity index is 677. The normalized spacial score (nSPS) is 15.7. The van der Waals surface area contributed by atoms with Gasteiger partial charge in [-0.1, -0.05) is 0 Å². The fourth-order valence-corrected chi connectivity index (χ4v) is 2.27. The van der Waals surface area contributed by atoms with Crippen LogP contribution in [0, 0.1) is 0 Å². The molecule has 0 aromatic carbocycles. The van der Waals surface area contributed by atoms with Gasteiger partial charge in [-0.2, -0.15) is 0 Å². The molecule has 1 saturated heterocycles. The molecular formula is C15H20N6O2. The van der Waals surface area contributed by atoms with Crippen LogP contribution >= 0.6 is 0 Å². The molecule has 0 spiro atoms. The summed E-state index contributed by atoms with van der Waals surface area (Å²) in [5.74, 6) is 0.777. The number of ether oxygens (including phenoxy) is 1. The Morgan fingerprint density at radius 3 is 2.43 bits per heavy atom. The number of hydrogen-bond acceptors (Lipinski definition) is 8. The Morgan fingerprint density at radius 1 is 1.17 bits per heavy atom. The van der Waals surface area contributed by atoms with Crippen LogP contribution in [0.25, 0.3) is 11.3 Å². The van der Waals surface area contributed by atoms with Gasteiger partial charge in [0.15, 0.2) is 0 Å². The summed E-state index contributed by atoms with van der Waals surface area (Å²) in [5, 5.41) is 10.3. The Morgan fingerprint density at radius 2 is 1.83 bits per heavy atom. The summed E-state index contributed by atoms with van der Waals surface area (Å²) >= 11 is 0. The summed E-state index contributed by atoms with van der Waals surface area (Å²) in [7, 11) is 0. The molecular weight excluding hydrogens is 296 g/mol. The van der Waals surface area contributed by atoms with E-state index >= 15 is 0 Å². The minimum atomic E-state index is -1.08. The van der Waals surface area contributed by atoms with E-state index < -0.39 is 5.60 Å². The first kappa shape index (κ1) is 15.6. The molecule has 0 amide bonds. The molecule has 8 heteroatoms. The predicted molar refractivity (Wildman–Crippen MR) is 85.7 cm³/mol. The van der Waals surface area contributed by atoms with Crippen molar-refractivity contribution in [2.75, 3.05) is 36.9 Å². The highest BCUT2D eigenvalue weighted by atomic mass is 16.5. The average molecular weight is 316 g/mol. The van der Waals surface area contributed by atoms with E-state index in [1.807, 2.05) is 4.90 Å². The number of nitrogens with two attached hydrogens (primary N) is 1. The van der Waals surface area contributed by atoms with Gasteiger partial charge in [-0.05, 0) is 19.9 Å². The van der Waals surface area contributed by atoms with Crippen molar-refractivity contribution in [2.45, 2.75) is 19.4 Å². The third-order valence-corrected chi connectivity index (χ3v) is 3.60. The van der Waals surface area contributed by atoms with Crippen molar-refractivity contribution in [1.29, 1.82) is 0 Å². The molecule has 0 aliphatic carbocycles. The molecule has 2 aromatic rings. The molecule has 8 nitrogen and oxygen atoms in total. The van der Waals surface area contributed by atoms with Crippen molar-refractivity contribution in [3.05, 3.63) is 24.2 Å². The third kappa shape index (κ3) is 3.54. The van der Waals surface area contributed by atoms with E-state index in [4.69, 9.17) is 10.5 Å². The van der Waals surface area contributed by atoms with E-state index in [2.05, 4.69) is 19.9 Å². The molecule has 0 unspecified atom stereocenters. The van der Waals surface area contributed by atoms with Crippen LogP contribution in [0.2, 0.25) is 0 Å². The van der Waals surface area contributed by atoms with Crippen LogP contribution in [-0.4, -0.2) is 51.3 Å². The number of morpholine rings is 1. The SMILES string of the molecule is CC(C)(O)c1cc(-c2cnc(N)nc2)nc(N2CCOCC2)n1. The fourth-order valence-electron chi connectivity index (χ4n) is 2.27. The smallest absolute Gasteiger partial charge is 0.226 e. The van der Waals surface area contributed by atoms with E-state index in [0.717, 1.165) is 5.56 Å². The molecule has 1 fully saturated rings. The van der Waals surface area contributed by atoms with Gasteiger partial charge in [0, 0.05) is 31.0 Å². The average Bonchev–Trinajstić information content (AvgIpc) is 2.55. The highest BCUT2D eigenvalue weighted by Crippen LogP contribution is 2.26. The quantitative estimate of drug-likeness (QED) is 0.846. The largest absolute Gasteiger partial charge is 0.384 e. The Labute approximate surface area is 134 Å². The number of rotatable bonds is 3. The zero-order valence-corrected chi connectivity index (χ0v) is 13.2. The Kier molecular flexibility index (Phi) is 4.10. The molecule has 3 N–H and O–H groups in total. The van der Waals surface area contributed by atoms with Gasteiger partial charge in [-0.25, -0.2) is 19.9 Å². The minimum absolute atomic E-state index is 0.207. The van der Waals surface area contributed by atoms with E-state index in [1.54, 1.807) is 32.3 Å². The number of nitrogen functional groups attached to an aromatic ring is 1. The lowest BCUT2D eigenvalue weighted by atomic mass is 10.0. The molecule has 0 saturated carbocycles. The maximum absolute atomic E-state index is 10.3. The molecule has 0 atom stereocenters. The van der Waals surface area contributed by atoms with E-state index in [0.29, 0.717) is 43.6 Å². The first-order valence-electron chi connectivity index (χ1n) is 7.46. The number of nitrogens with zero attached hydrogens (tertiary/aromatic N) is 5. The second-order valence-corrected chi connectivity index (χ2v) is 5.93. The summed E-state index contributed by atoms with van der Waals surface area (Å²) in [6, 6.07) is 1.75. The first-order valence-corrected chi connectivity index (χ1v) is 7.46. The van der Waals surface area contributed by atoms with Crippen LogP contribution in [0.1, 0.15) is 19.5 Å².